The van der Waals surface area contributed by atoms with Crippen molar-refractivity contribution in [2.24, 2.45) is 0 Å². The van der Waals surface area contributed by atoms with Crippen molar-refractivity contribution in [1.82, 2.24) is 10.1 Å². The Morgan fingerprint density at radius 1 is 1.17 bits per heavy atom. The van der Waals surface area contributed by atoms with Gasteiger partial charge in [0.25, 0.3) is 5.91 Å². The number of morpholine rings is 1. The van der Waals surface area contributed by atoms with Crippen LogP contribution in [-0.2, 0) is 4.74 Å². The van der Waals surface area contributed by atoms with Gasteiger partial charge in [0, 0.05) is 31.2 Å². The van der Waals surface area contributed by atoms with Crippen molar-refractivity contribution in [2.75, 3.05) is 37.7 Å². The first-order valence-electron chi connectivity index (χ1n) is 8.44. The molecule has 0 spiro atoms. The number of hydrogen-bond donors (Lipinski definition) is 0. The lowest BCUT2D eigenvalue weighted by Gasteiger charge is -2.39. The average Bonchev–Trinajstić information content (AvgIpc) is 3.07. The summed E-state index contributed by atoms with van der Waals surface area (Å²) in [5.41, 5.74) is 1.45. The van der Waals surface area contributed by atoms with E-state index < -0.39 is 0 Å². The van der Waals surface area contributed by atoms with Crippen LogP contribution in [0.1, 0.15) is 23.7 Å². The maximum atomic E-state index is 13.1. The van der Waals surface area contributed by atoms with Crippen LogP contribution in [0.25, 0.3) is 11.3 Å². The van der Waals surface area contributed by atoms with Gasteiger partial charge in [0.1, 0.15) is 5.56 Å². The topological polar surface area (TPSA) is 58.8 Å². The molecule has 2 aliphatic rings. The zero-order chi connectivity index (χ0) is 16.5. The Labute approximate surface area is 141 Å². The number of amides is 1. The first-order valence-corrected chi connectivity index (χ1v) is 8.44. The van der Waals surface area contributed by atoms with E-state index in [1.807, 2.05) is 35.2 Å². The number of likely N-dealkylation sites (tertiary alicyclic amines) is 1. The minimum absolute atomic E-state index is 0.00958. The van der Waals surface area contributed by atoms with Crippen molar-refractivity contribution < 1.29 is 14.1 Å². The first-order chi connectivity index (χ1) is 11.8. The summed E-state index contributed by atoms with van der Waals surface area (Å²) in [6, 6.07) is 9.98. The van der Waals surface area contributed by atoms with Crippen LogP contribution < -0.4 is 4.90 Å². The highest BCUT2D eigenvalue weighted by molar-refractivity contribution is 6.04. The van der Waals surface area contributed by atoms with Gasteiger partial charge in [-0.3, -0.25) is 4.79 Å². The number of ether oxygens (including phenoxy) is 1. The molecular formula is C18H21N3O3. The van der Waals surface area contributed by atoms with Crippen LogP contribution >= 0.6 is 0 Å². The summed E-state index contributed by atoms with van der Waals surface area (Å²) in [5, 5.41) is 4.25. The molecule has 6 heteroatoms. The van der Waals surface area contributed by atoms with Gasteiger partial charge in [-0.1, -0.05) is 35.5 Å². The van der Waals surface area contributed by atoms with E-state index in [1.54, 1.807) is 0 Å². The second-order valence-corrected chi connectivity index (χ2v) is 6.31. The van der Waals surface area contributed by atoms with E-state index >= 15 is 0 Å². The zero-order valence-corrected chi connectivity index (χ0v) is 13.8. The van der Waals surface area contributed by atoms with E-state index in [1.165, 1.54) is 0 Å². The molecule has 0 radical (unpaired) electrons. The van der Waals surface area contributed by atoms with E-state index in [-0.39, 0.29) is 11.9 Å². The number of carbonyl (C=O) groups is 1. The van der Waals surface area contributed by atoms with Gasteiger partial charge in [-0.15, -0.1) is 0 Å². The lowest BCUT2D eigenvalue weighted by molar-refractivity contribution is 0.0502. The van der Waals surface area contributed by atoms with Crippen LogP contribution in [0, 0.1) is 0 Å². The van der Waals surface area contributed by atoms with Gasteiger partial charge in [-0.2, -0.15) is 0 Å². The van der Waals surface area contributed by atoms with Gasteiger partial charge in [0.2, 0.25) is 0 Å². The Kier molecular flexibility index (Phi) is 3.98. The Hall–Kier alpha value is -2.34. The molecule has 3 heterocycles. The summed E-state index contributed by atoms with van der Waals surface area (Å²) in [7, 11) is 0. The number of carbonyl (C=O) groups excluding carboxylic acids is 1. The van der Waals surface area contributed by atoms with Crippen LogP contribution in [0.4, 0.5) is 5.82 Å². The van der Waals surface area contributed by atoms with E-state index in [0.29, 0.717) is 30.4 Å². The predicted molar refractivity (Wildman–Crippen MR) is 90.1 cm³/mol. The fourth-order valence-electron chi connectivity index (χ4n) is 3.21. The molecule has 1 aromatic heterocycles. The molecule has 0 bridgehead atoms. The van der Waals surface area contributed by atoms with Crippen LogP contribution in [0.5, 0.6) is 0 Å². The fraction of sp³-hybridized carbons (Fsp3) is 0.444. The summed E-state index contributed by atoms with van der Waals surface area (Å²) in [4.78, 5) is 17.1. The van der Waals surface area contributed by atoms with Crippen molar-refractivity contribution in [2.45, 2.75) is 19.4 Å². The quantitative estimate of drug-likeness (QED) is 0.866. The third-order valence-corrected chi connectivity index (χ3v) is 4.82. The highest BCUT2D eigenvalue weighted by Gasteiger charge is 2.36. The van der Waals surface area contributed by atoms with Crippen LogP contribution in [0.3, 0.4) is 0 Å². The highest BCUT2D eigenvalue weighted by Crippen LogP contribution is 2.34. The van der Waals surface area contributed by atoms with Gasteiger partial charge in [0.15, 0.2) is 11.6 Å². The van der Waals surface area contributed by atoms with Crippen molar-refractivity contribution in [3.05, 3.63) is 35.9 Å². The Morgan fingerprint density at radius 2 is 1.92 bits per heavy atom. The Bertz CT molecular complexity index is 722. The van der Waals surface area contributed by atoms with Crippen LogP contribution in [0.15, 0.2) is 34.9 Å². The minimum atomic E-state index is 0.00958. The Morgan fingerprint density at radius 3 is 2.54 bits per heavy atom. The number of hydrogen-bond acceptors (Lipinski definition) is 5. The molecule has 2 aromatic rings. The molecule has 2 saturated heterocycles. The molecule has 2 aliphatic heterocycles. The fourth-order valence-corrected chi connectivity index (χ4v) is 3.21. The standard InChI is InChI=1S/C18H21N3O3/c1-13-7-8-21(13)18(22)15-16(14-5-3-2-4-6-14)24-19-17(15)20-9-11-23-12-10-20/h2-6,13H,7-12H2,1H3. The molecule has 2 fully saturated rings. The number of benzene rings is 1. The molecule has 126 valence electrons. The third kappa shape index (κ3) is 2.57. The molecule has 1 unspecified atom stereocenters. The molecule has 0 aliphatic carbocycles. The van der Waals surface area contributed by atoms with Gasteiger partial charge >= 0.3 is 0 Å². The van der Waals surface area contributed by atoms with E-state index in [9.17, 15) is 4.79 Å². The molecule has 1 amide bonds. The largest absolute Gasteiger partial charge is 0.378 e. The van der Waals surface area contributed by atoms with E-state index in [4.69, 9.17) is 9.26 Å². The summed E-state index contributed by atoms with van der Waals surface area (Å²) in [6.07, 6.45) is 1.05. The zero-order valence-electron chi connectivity index (χ0n) is 13.8. The molecule has 0 N–H and O–H groups in total. The minimum Gasteiger partial charge on any atom is -0.378 e. The van der Waals surface area contributed by atoms with Gasteiger partial charge < -0.3 is 19.1 Å². The van der Waals surface area contributed by atoms with Gasteiger partial charge in [-0.05, 0) is 13.3 Å². The smallest absolute Gasteiger partial charge is 0.261 e. The highest BCUT2D eigenvalue weighted by atomic mass is 16.5. The lowest BCUT2D eigenvalue weighted by Crippen LogP contribution is -2.49. The normalized spacial score (nSPS) is 20.8. The van der Waals surface area contributed by atoms with Crippen LogP contribution in [-0.4, -0.2) is 54.9 Å². The van der Waals surface area contributed by atoms with E-state index in [2.05, 4.69) is 17.0 Å². The van der Waals surface area contributed by atoms with Crippen molar-refractivity contribution >= 4 is 11.7 Å². The van der Waals surface area contributed by atoms with Crippen LogP contribution in [0.2, 0.25) is 0 Å². The van der Waals surface area contributed by atoms with Crippen molar-refractivity contribution in [1.29, 1.82) is 0 Å². The Balaban J connectivity index is 1.76. The number of rotatable bonds is 3. The molecule has 24 heavy (non-hydrogen) atoms. The SMILES string of the molecule is CC1CCN1C(=O)c1c(N2CCOCC2)noc1-c1ccccc1. The second kappa shape index (κ2) is 6.28. The molecular weight excluding hydrogens is 306 g/mol. The third-order valence-electron chi connectivity index (χ3n) is 4.82. The number of nitrogens with zero attached hydrogens (tertiary/aromatic N) is 3. The van der Waals surface area contributed by atoms with Crippen molar-refractivity contribution in [3.8, 4) is 11.3 Å². The number of aromatic nitrogens is 1. The second-order valence-electron chi connectivity index (χ2n) is 6.31. The molecule has 1 atom stereocenters. The average molecular weight is 327 g/mol. The molecule has 4 rings (SSSR count). The summed E-state index contributed by atoms with van der Waals surface area (Å²) >= 11 is 0. The molecule has 1 aromatic carbocycles. The monoisotopic (exact) mass is 327 g/mol. The summed E-state index contributed by atoms with van der Waals surface area (Å²) in [5.74, 6) is 1.21. The van der Waals surface area contributed by atoms with E-state index in [0.717, 1.165) is 31.6 Å². The summed E-state index contributed by atoms with van der Waals surface area (Å²) < 4.78 is 11.0. The van der Waals surface area contributed by atoms with Crippen molar-refractivity contribution in [3.63, 3.8) is 0 Å². The predicted octanol–water partition coefficient (Wildman–Crippen LogP) is 2.41. The van der Waals surface area contributed by atoms with Gasteiger partial charge in [0.05, 0.1) is 13.2 Å². The maximum Gasteiger partial charge on any atom is 0.261 e. The maximum absolute atomic E-state index is 13.1. The van der Waals surface area contributed by atoms with Gasteiger partial charge in [-0.25, -0.2) is 0 Å². The molecule has 6 nitrogen and oxygen atoms in total. The number of anilines is 1. The first kappa shape index (κ1) is 15.2. The molecule has 0 saturated carbocycles. The summed E-state index contributed by atoms with van der Waals surface area (Å²) in [6.45, 7) is 5.59. The lowest BCUT2D eigenvalue weighted by atomic mass is 10.0.